The summed E-state index contributed by atoms with van der Waals surface area (Å²) in [7, 11) is 0. The van der Waals surface area contributed by atoms with E-state index < -0.39 is 22.4 Å². The molecule has 0 saturated heterocycles. The standard InChI is InChI=1S/C17H32O4S2/c1-16(2,6-10-18)8-14-22(20)12-5-13-23(21)15-9-17(3,4)7-11-19/h10-11H,5-9,12-15H2,1-4H3. The van der Waals surface area contributed by atoms with Crippen molar-refractivity contribution in [2.45, 2.75) is 59.8 Å². The maximum Gasteiger partial charge on any atom is 0.120 e. The van der Waals surface area contributed by atoms with Gasteiger partial charge in [-0.3, -0.25) is 0 Å². The van der Waals surface area contributed by atoms with Gasteiger partial charge in [-0.2, -0.15) is 0 Å². The van der Waals surface area contributed by atoms with Gasteiger partial charge in [-0.05, 0) is 23.7 Å². The Morgan fingerprint density at radius 3 is 1.39 bits per heavy atom. The molecule has 4 nitrogen and oxygen atoms in total. The zero-order valence-electron chi connectivity index (χ0n) is 15.0. The summed E-state index contributed by atoms with van der Waals surface area (Å²) in [5.41, 5.74) is -0.186. The summed E-state index contributed by atoms with van der Waals surface area (Å²) in [4.78, 5) is 21.1. The molecule has 0 aliphatic carbocycles. The number of hydrogen-bond donors (Lipinski definition) is 0. The van der Waals surface area contributed by atoms with Gasteiger partial charge in [0.15, 0.2) is 0 Å². The quantitative estimate of drug-likeness (QED) is 0.351. The van der Waals surface area contributed by atoms with Gasteiger partial charge in [0.25, 0.3) is 0 Å². The molecule has 0 saturated carbocycles. The second-order valence-electron chi connectivity index (χ2n) is 7.62. The van der Waals surface area contributed by atoms with E-state index >= 15 is 0 Å². The first-order valence-electron chi connectivity index (χ1n) is 8.19. The molecular formula is C17H32O4S2. The molecule has 0 amide bonds. The maximum absolute atomic E-state index is 12.0. The van der Waals surface area contributed by atoms with Crippen molar-refractivity contribution < 1.29 is 18.7 Å². The van der Waals surface area contributed by atoms with E-state index in [1.165, 1.54) is 0 Å². The second-order valence-corrected chi connectivity index (χ2v) is 11.0. The Balaban J connectivity index is 3.84. The summed E-state index contributed by atoms with van der Waals surface area (Å²) in [5.74, 6) is 2.33. The maximum atomic E-state index is 12.0. The Morgan fingerprint density at radius 1 is 0.739 bits per heavy atom. The van der Waals surface area contributed by atoms with Gasteiger partial charge in [0.2, 0.25) is 0 Å². The predicted molar refractivity (Wildman–Crippen MR) is 98.5 cm³/mol. The topological polar surface area (TPSA) is 80.3 Å². The Bertz CT molecular complexity index is 313. The van der Waals surface area contributed by atoms with Gasteiger partial charge >= 0.3 is 0 Å². The van der Waals surface area contributed by atoms with E-state index in [9.17, 15) is 18.7 Å². The van der Waals surface area contributed by atoms with Crippen molar-refractivity contribution >= 4 is 34.9 Å². The normalized spacial score (nSPS) is 15.2. The minimum atomic E-state index is -0.907. The summed E-state index contributed by atoms with van der Waals surface area (Å²) in [6.45, 7) is 8.03. The summed E-state index contributed by atoms with van der Waals surface area (Å²) in [6, 6.07) is 0. The highest BCUT2D eigenvalue weighted by Crippen LogP contribution is 2.25. The van der Waals surface area contributed by atoms with Crippen molar-refractivity contribution in [1.82, 2.24) is 0 Å². The summed E-state index contributed by atoms with van der Waals surface area (Å²) in [6.07, 6.45) is 5.04. The van der Waals surface area contributed by atoms with E-state index in [1.54, 1.807) is 0 Å². The largest absolute Gasteiger partial charge is 0.616 e. The van der Waals surface area contributed by atoms with Crippen LogP contribution in [0.15, 0.2) is 0 Å². The third kappa shape index (κ3) is 13.0. The summed E-state index contributed by atoms with van der Waals surface area (Å²) < 4.78 is 23.9. The predicted octanol–water partition coefficient (Wildman–Crippen LogP) is 2.88. The van der Waals surface area contributed by atoms with Crippen LogP contribution in [0.25, 0.3) is 0 Å². The van der Waals surface area contributed by atoms with Crippen LogP contribution in [0.2, 0.25) is 0 Å². The lowest BCUT2D eigenvalue weighted by atomic mass is 9.87. The van der Waals surface area contributed by atoms with Gasteiger partial charge in [0, 0.05) is 19.3 Å². The third-order valence-corrected chi connectivity index (χ3v) is 6.84. The Kier molecular flexibility index (Phi) is 11.5. The SMILES string of the molecule is CC(C)(CC=O)CC[S+]([O-])CCC[S+]([O-])CCC(C)(C)CC=O. The molecule has 2 unspecified atom stereocenters. The van der Waals surface area contributed by atoms with E-state index in [0.29, 0.717) is 42.3 Å². The van der Waals surface area contributed by atoms with Crippen LogP contribution in [-0.4, -0.2) is 44.7 Å². The zero-order chi connectivity index (χ0) is 17.9. The molecule has 0 spiro atoms. The molecule has 0 aliphatic rings. The monoisotopic (exact) mass is 364 g/mol. The van der Waals surface area contributed by atoms with Crippen molar-refractivity contribution in [1.29, 1.82) is 0 Å². The van der Waals surface area contributed by atoms with Crippen molar-refractivity contribution in [3.05, 3.63) is 0 Å². The fourth-order valence-corrected chi connectivity index (χ4v) is 5.10. The molecule has 0 rings (SSSR count). The molecule has 0 aliphatic heterocycles. The van der Waals surface area contributed by atoms with Crippen molar-refractivity contribution in [3.63, 3.8) is 0 Å². The fraction of sp³-hybridized carbons (Fsp3) is 0.882. The minimum absolute atomic E-state index is 0.0929. The van der Waals surface area contributed by atoms with E-state index in [4.69, 9.17) is 0 Å². The molecule has 0 heterocycles. The highest BCUT2D eigenvalue weighted by atomic mass is 32.2. The van der Waals surface area contributed by atoms with E-state index in [1.807, 2.05) is 27.7 Å². The van der Waals surface area contributed by atoms with Crippen molar-refractivity contribution in [2.75, 3.05) is 23.0 Å². The molecular weight excluding hydrogens is 332 g/mol. The van der Waals surface area contributed by atoms with E-state index in [0.717, 1.165) is 25.4 Å². The number of hydrogen-bond acceptors (Lipinski definition) is 4. The number of carbonyl (C=O) groups is 2. The van der Waals surface area contributed by atoms with Gasteiger partial charge in [-0.25, -0.2) is 0 Å². The number of aldehydes is 2. The summed E-state index contributed by atoms with van der Waals surface area (Å²) in [5, 5.41) is 0. The molecule has 0 N–H and O–H groups in total. The molecule has 2 atom stereocenters. The van der Waals surface area contributed by atoms with Crippen molar-refractivity contribution in [2.24, 2.45) is 10.8 Å². The number of carbonyl (C=O) groups excluding carboxylic acids is 2. The van der Waals surface area contributed by atoms with Crippen LogP contribution in [0.5, 0.6) is 0 Å². The molecule has 0 radical (unpaired) electrons. The molecule has 0 aromatic rings. The van der Waals surface area contributed by atoms with Crippen LogP contribution in [-0.2, 0) is 31.9 Å². The van der Waals surface area contributed by atoms with Crippen LogP contribution in [0.1, 0.15) is 59.8 Å². The van der Waals surface area contributed by atoms with Gasteiger partial charge in [-0.15, -0.1) is 0 Å². The molecule has 6 heteroatoms. The first-order valence-corrected chi connectivity index (χ1v) is 11.2. The Morgan fingerprint density at radius 2 is 1.09 bits per heavy atom. The van der Waals surface area contributed by atoms with Gasteiger partial charge < -0.3 is 18.7 Å². The molecule has 23 heavy (non-hydrogen) atoms. The lowest BCUT2D eigenvalue weighted by Crippen LogP contribution is -2.23. The van der Waals surface area contributed by atoms with Gasteiger partial charge in [0.1, 0.15) is 35.6 Å². The molecule has 0 fully saturated rings. The average molecular weight is 365 g/mol. The van der Waals surface area contributed by atoms with Gasteiger partial charge in [0.05, 0.1) is 0 Å². The average Bonchev–Trinajstić information content (AvgIpc) is 2.43. The molecule has 136 valence electrons. The molecule has 0 aromatic heterocycles. The Labute approximate surface area is 147 Å². The van der Waals surface area contributed by atoms with Crippen molar-refractivity contribution in [3.8, 4) is 0 Å². The highest BCUT2D eigenvalue weighted by molar-refractivity contribution is 7.92. The lowest BCUT2D eigenvalue weighted by molar-refractivity contribution is -0.110. The first-order chi connectivity index (χ1) is 10.6. The second kappa shape index (κ2) is 11.5. The summed E-state index contributed by atoms with van der Waals surface area (Å²) >= 11 is -1.81. The third-order valence-electron chi connectivity index (χ3n) is 4.03. The zero-order valence-corrected chi connectivity index (χ0v) is 16.6. The van der Waals surface area contributed by atoms with Crippen LogP contribution >= 0.6 is 0 Å². The van der Waals surface area contributed by atoms with Crippen LogP contribution in [0.4, 0.5) is 0 Å². The van der Waals surface area contributed by atoms with Gasteiger partial charge in [-0.1, -0.05) is 50.0 Å². The van der Waals surface area contributed by atoms with E-state index in [-0.39, 0.29) is 10.8 Å². The number of rotatable bonds is 14. The highest BCUT2D eigenvalue weighted by Gasteiger charge is 2.22. The lowest BCUT2D eigenvalue weighted by Gasteiger charge is -2.23. The fourth-order valence-electron chi connectivity index (χ4n) is 2.02. The Hall–Kier alpha value is -0.0400. The van der Waals surface area contributed by atoms with Crippen LogP contribution < -0.4 is 0 Å². The van der Waals surface area contributed by atoms with Crippen LogP contribution in [0.3, 0.4) is 0 Å². The molecule has 0 aromatic carbocycles. The first kappa shape index (κ1) is 23.0. The smallest absolute Gasteiger partial charge is 0.120 e. The minimum Gasteiger partial charge on any atom is -0.616 e. The molecule has 0 bridgehead atoms. The van der Waals surface area contributed by atoms with E-state index in [2.05, 4.69) is 0 Å². The van der Waals surface area contributed by atoms with Crippen LogP contribution in [0, 0.1) is 10.8 Å².